The lowest BCUT2D eigenvalue weighted by atomic mass is 9.84. The normalized spacial score (nSPS) is 14.9. The maximum atomic E-state index is 12.7. The number of ketones is 1. The third-order valence-corrected chi connectivity index (χ3v) is 6.48. The highest BCUT2D eigenvalue weighted by molar-refractivity contribution is 7.99. The van der Waals surface area contributed by atoms with E-state index in [9.17, 15) is 4.79 Å². The summed E-state index contributed by atoms with van der Waals surface area (Å²) >= 11 is 1.43. The summed E-state index contributed by atoms with van der Waals surface area (Å²) < 4.78 is 1.94. The van der Waals surface area contributed by atoms with Crippen LogP contribution in [-0.4, -0.2) is 26.3 Å². The van der Waals surface area contributed by atoms with Gasteiger partial charge in [0.2, 0.25) is 0 Å². The van der Waals surface area contributed by atoms with Crippen LogP contribution in [0.5, 0.6) is 0 Å². The second kappa shape index (κ2) is 8.74. The molecule has 0 aliphatic heterocycles. The second-order valence-corrected chi connectivity index (χ2v) is 8.38. The highest BCUT2D eigenvalue weighted by atomic mass is 32.2. The van der Waals surface area contributed by atoms with Crippen molar-refractivity contribution in [3.05, 3.63) is 71.5 Å². The van der Waals surface area contributed by atoms with Crippen molar-refractivity contribution < 1.29 is 4.79 Å². The van der Waals surface area contributed by atoms with Crippen molar-refractivity contribution in [3.63, 3.8) is 0 Å². The zero-order chi connectivity index (χ0) is 19.3. The van der Waals surface area contributed by atoms with Crippen molar-refractivity contribution in [3.8, 4) is 5.69 Å². The van der Waals surface area contributed by atoms with E-state index in [0.29, 0.717) is 11.7 Å². The Kier molecular flexibility index (Phi) is 5.91. The third-order valence-electron chi connectivity index (χ3n) is 5.53. The van der Waals surface area contributed by atoms with Gasteiger partial charge in [-0.15, -0.1) is 10.2 Å². The number of hydrogen-bond donors (Lipinski definition) is 0. The Bertz CT molecular complexity index is 942. The smallest absolute Gasteiger partial charge is 0.196 e. The highest BCUT2D eigenvalue weighted by Gasteiger charge is 2.17. The van der Waals surface area contributed by atoms with Crippen LogP contribution in [0.25, 0.3) is 5.69 Å². The Hall–Kier alpha value is -2.40. The van der Waals surface area contributed by atoms with Gasteiger partial charge >= 0.3 is 0 Å². The van der Waals surface area contributed by atoms with Crippen LogP contribution in [0.15, 0.2) is 60.0 Å². The fourth-order valence-corrected chi connectivity index (χ4v) is 4.73. The molecule has 1 aromatic heterocycles. The minimum absolute atomic E-state index is 0.125. The van der Waals surface area contributed by atoms with E-state index >= 15 is 0 Å². The average molecular weight is 392 g/mol. The molecule has 2 aromatic carbocycles. The van der Waals surface area contributed by atoms with Gasteiger partial charge in [0.1, 0.15) is 6.33 Å². The van der Waals surface area contributed by atoms with Gasteiger partial charge in [0, 0.05) is 5.56 Å². The molecule has 0 amide bonds. The number of rotatable bonds is 6. The highest BCUT2D eigenvalue weighted by Crippen LogP contribution is 2.32. The topological polar surface area (TPSA) is 47.8 Å². The van der Waals surface area contributed by atoms with E-state index in [0.717, 1.165) is 22.0 Å². The number of nitrogens with zero attached hydrogens (tertiary/aromatic N) is 3. The first-order chi connectivity index (χ1) is 13.7. The lowest BCUT2D eigenvalue weighted by Crippen LogP contribution is -2.07. The van der Waals surface area contributed by atoms with Crippen LogP contribution in [0.3, 0.4) is 0 Å². The number of benzene rings is 2. The molecule has 1 heterocycles. The van der Waals surface area contributed by atoms with Crippen LogP contribution in [0.2, 0.25) is 0 Å². The average Bonchev–Trinajstić information content (AvgIpc) is 3.21. The van der Waals surface area contributed by atoms with Crippen molar-refractivity contribution in [1.29, 1.82) is 0 Å². The van der Waals surface area contributed by atoms with Crippen molar-refractivity contribution in [2.75, 3.05) is 5.75 Å². The standard InChI is InChI=1S/C23H25N3OS/c1-17-7-5-6-10-21(17)26-16-24-25-23(26)28-15-22(27)20-13-11-19(12-14-20)18-8-3-2-4-9-18/h5-7,10-14,16,18H,2-4,8-9,15H2,1H3. The predicted octanol–water partition coefficient (Wildman–Crippen LogP) is 5.60. The van der Waals surface area contributed by atoms with Gasteiger partial charge in [-0.1, -0.05) is 73.5 Å². The molecule has 4 rings (SSSR count). The van der Waals surface area contributed by atoms with Crippen LogP contribution in [-0.2, 0) is 0 Å². The summed E-state index contributed by atoms with van der Waals surface area (Å²) in [6.07, 6.45) is 8.26. The van der Waals surface area contributed by atoms with Gasteiger partial charge < -0.3 is 0 Å². The van der Waals surface area contributed by atoms with Crippen LogP contribution in [0.1, 0.15) is 59.5 Å². The van der Waals surface area contributed by atoms with Crippen LogP contribution < -0.4 is 0 Å². The minimum atomic E-state index is 0.125. The number of carbonyl (C=O) groups is 1. The molecule has 0 N–H and O–H groups in total. The number of para-hydroxylation sites is 1. The molecule has 1 saturated carbocycles. The fourth-order valence-electron chi connectivity index (χ4n) is 3.91. The molecule has 4 nitrogen and oxygen atoms in total. The molecule has 144 valence electrons. The van der Waals surface area contributed by atoms with Crippen LogP contribution in [0, 0.1) is 6.92 Å². The van der Waals surface area contributed by atoms with E-state index in [1.807, 2.05) is 34.9 Å². The monoisotopic (exact) mass is 391 g/mol. The number of carbonyl (C=O) groups excluding carboxylic acids is 1. The first-order valence-corrected chi connectivity index (χ1v) is 10.9. The van der Waals surface area contributed by atoms with Crippen molar-refractivity contribution in [1.82, 2.24) is 14.8 Å². The van der Waals surface area contributed by atoms with E-state index in [1.54, 1.807) is 6.33 Å². The molecule has 1 aliphatic carbocycles. The molecule has 0 radical (unpaired) electrons. The first kappa shape index (κ1) is 18.9. The molecular weight excluding hydrogens is 366 g/mol. The zero-order valence-corrected chi connectivity index (χ0v) is 17.0. The molecule has 0 spiro atoms. The largest absolute Gasteiger partial charge is 0.293 e. The lowest BCUT2D eigenvalue weighted by Gasteiger charge is -2.22. The van der Waals surface area contributed by atoms with E-state index in [2.05, 4.69) is 35.3 Å². The lowest BCUT2D eigenvalue weighted by molar-refractivity contribution is 0.102. The molecule has 0 atom stereocenters. The fraction of sp³-hybridized carbons (Fsp3) is 0.348. The number of aryl methyl sites for hydroxylation is 1. The Labute approximate surface area is 170 Å². The Morgan fingerprint density at radius 2 is 1.82 bits per heavy atom. The number of thioether (sulfide) groups is 1. The maximum absolute atomic E-state index is 12.7. The third kappa shape index (κ3) is 4.20. The minimum Gasteiger partial charge on any atom is -0.293 e. The van der Waals surface area contributed by atoms with Gasteiger partial charge in [0.05, 0.1) is 11.4 Å². The summed E-state index contributed by atoms with van der Waals surface area (Å²) in [6.45, 7) is 2.06. The molecule has 0 saturated heterocycles. The Balaban J connectivity index is 1.41. The molecule has 1 fully saturated rings. The summed E-state index contributed by atoms with van der Waals surface area (Å²) in [5.41, 5.74) is 4.34. The maximum Gasteiger partial charge on any atom is 0.196 e. The molecule has 5 heteroatoms. The number of aromatic nitrogens is 3. The predicted molar refractivity (Wildman–Crippen MR) is 113 cm³/mol. The quantitative estimate of drug-likeness (QED) is 0.405. The SMILES string of the molecule is Cc1ccccc1-n1cnnc1SCC(=O)c1ccc(C2CCCCC2)cc1. The van der Waals surface area contributed by atoms with E-state index in [-0.39, 0.29) is 5.78 Å². The molecule has 3 aromatic rings. The van der Waals surface area contributed by atoms with E-state index < -0.39 is 0 Å². The Morgan fingerprint density at radius 1 is 1.07 bits per heavy atom. The van der Waals surface area contributed by atoms with Crippen LogP contribution in [0.4, 0.5) is 0 Å². The van der Waals surface area contributed by atoms with Crippen molar-refractivity contribution in [2.24, 2.45) is 0 Å². The van der Waals surface area contributed by atoms with Crippen molar-refractivity contribution in [2.45, 2.75) is 50.1 Å². The summed E-state index contributed by atoms with van der Waals surface area (Å²) in [7, 11) is 0. The Morgan fingerprint density at radius 3 is 2.57 bits per heavy atom. The van der Waals surface area contributed by atoms with Gasteiger partial charge in [-0.2, -0.15) is 0 Å². The molecule has 28 heavy (non-hydrogen) atoms. The number of Topliss-reactive ketones (excluding diaryl/α,β-unsaturated/α-hetero) is 1. The summed E-state index contributed by atoms with van der Waals surface area (Å²) in [4.78, 5) is 12.7. The van der Waals surface area contributed by atoms with Gasteiger partial charge in [-0.25, -0.2) is 0 Å². The second-order valence-electron chi connectivity index (χ2n) is 7.44. The first-order valence-electron chi connectivity index (χ1n) is 9.94. The zero-order valence-electron chi connectivity index (χ0n) is 16.2. The number of hydrogen-bond acceptors (Lipinski definition) is 4. The molecular formula is C23H25N3OS. The summed E-state index contributed by atoms with van der Waals surface area (Å²) in [5, 5.41) is 8.97. The van der Waals surface area contributed by atoms with Crippen molar-refractivity contribution >= 4 is 17.5 Å². The van der Waals surface area contributed by atoms with E-state index in [4.69, 9.17) is 0 Å². The van der Waals surface area contributed by atoms with Gasteiger partial charge in [0.15, 0.2) is 10.9 Å². The van der Waals surface area contributed by atoms with Gasteiger partial charge in [-0.3, -0.25) is 9.36 Å². The van der Waals surface area contributed by atoms with E-state index in [1.165, 1.54) is 49.4 Å². The molecule has 0 bridgehead atoms. The summed E-state index contributed by atoms with van der Waals surface area (Å²) in [6, 6.07) is 16.4. The molecule has 0 unspecified atom stereocenters. The molecule has 1 aliphatic rings. The van der Waals surface area contributed by atoms with Gasteiger partial charge in [-0.05, 0) is 42.9 Å². The van der Waals surface area contributed by atoms with Gasteiger partial charge in [0.25, 0.3) is 0 Å². The summed E-state index contributed by atoms with van der Waals surface area (Å²) in [5.74, 6) is 1.15. The van der Waals surface area contributed by atoms with Crippen LogP contribution >= 0.6 is 11.8 Å².